The number of rotatable bonds is 2. The van der Waals surface area contributed by atoms with Gasteiger partial charge in [0.15, 0.2) is 0 Å². The van der Waals surface area contributed by atoms with Gasteiger partial charge >= 0.3 is 0 Å². The molecule has 2 saturated heterocycles. The summed E-state index contributed by atoms with van der Waals surface area (Å²) in [6, 6.07) is 1.70. The van der Waals surface area contributed by atoms with Crippen molar-refractivity contribution in [1.82, 2.24) is 9.29 Å². The number of hydrogen-bond acceptors (Lipinski definition) is 3. The van der Waals surface area contributed by atoms with Gasteiger partial charge in [-0.2, -0.15) is 4.31 Å². The number of pyridine rings is 1. The molecule has 3 heterocycles. The number of sulfonamides is 1. The van der Waals surface area contributed by atoms with Gasteiger partial charge in [-0.3, -0.25) is 4.98 Å². The van der Waals surface area contributed by atoms with E-state index in [0.29, 0.717) is 4.47 Å². The Morgan fingerprint density at radius 2 is 1.89 bits per heavy atom. The van der Waals surface area contributed by atoms with Gasteiger partial charge in [0.05, 0.1) is 0 Å². The molecule has 0 aromatic carbocycles. The van der Waals surface area contributed by atoms with Crippen LogP contribution in [-0.2, 0) is 10.0 Å². The second kappa shape index (κ2) is 4.98. The van der Waals surface area contributed by atoms with Crippen molar-refractivity contribution in [2.75, 3.05) is 0 Å². The van der Waals surface area contributed by atoms with Crippen molar-refractivity contribution >= 4 is 37.6 Å². The monoisotopic (exact) mass is 364 g/mol. The summed E-state index contributed by atoms with van der Waals surface area (Å²) in [6.07, 6.45) is 6.31. The maximum absolute atomic E-state index is 12.7. The summed E-state index contributed by atoms with van der Waals surface area (Å²) in [5.41, 5.74) is 0. The summed E-state index contributed by atoms with van der Waals surface area (Å²) in [5.74, 6) is 0. The number of fused-ring (bicyclic) bond motifs is 2. The Bertz CT molecular complexity index is 581. The third-order valence-corrected chi connectivity index (χ3v) is 6.62. The van der Waals surface area contributed by atoms with E-state index in [1.165, 1.54) is 6.20 Å². The van der Waals surface area contributed by atoms with Crippen molar-refractivity contribution in [3.63, 3.8) is 0 Å². The topological polar surface area (TPSA) is 50.3 Å². The van der Waals surface area contributed by atoms with E-state index in [1.807, 2.05) is 0 Å². The molecule has 0 N–H and O–H groups in total. The van der Waals surface area contributed by atoms with Crippen LogP contribution in [0.15, 0.2) is 27.8 Å². The average Bonchev–Trinajstić information content (AvgIpc) is 2.63. The zero-order valence-electron chi connectivity index (χ0n) is 10.2. The number of aromatic nitrogens is 1. The third kappa shape index (κ3) is 2.44. The largest absolute Gasteiger partial charge is 0.262 e. The molecule has 2 unspecified atom stereocenters. The summed E-state index contributed by atoms with van der Waals surface area (Å²) < 4.78 is 27.8. The molecule has 1 aromatic rings. The molecule has 104 valence electrons. The molecule has 2 atom stereocenters. The van der Waals surface area contributed by atoms with Crippen molar-refractivity contribution in [2.45, 2.75) is 48.0 Å². The van der Waals surface area contributed by atoms with Crippen LogP contribution < -0.4 is 0 Å². The van der Waals surface area contributed by atoms with E-state index >= 15 is 0 Å². The van der Waals surface area contributed by atoms with Crippen molar-refractivity contribution in [3.8, 4) is 0 Å². The van der Waals surface area contributed by atoms with Crippen LogP contribution in [-0.4, -0.2) is 35.2 Å². The molecular weight excluding hydrogens is 352 g/mol. The first-order valence-corrected chi connectivity index (χ1v) is 8.93. The summed E-state index contributed by atoms with van der Waals surface area (Å²) >= 11 is 9.46. The summed E-state index contributed by atoms with van der Waals surface area (Å²) in [6.45, 7) is 0. The fraction of sp³-hybridized carbons (Fsp3) is 0.583. The van der Waals surface area contributed by atoms with E-state index in [4.69, 9.17) is 11.6 Å². The standard InChI is InChI=1S/C12H14BrClN2O2S/c13-8-3-12(7-15-6-8)19(17,18)16-10-1-2-11(16)5-9(14)4-10/h3,6-7,9-11H,1-2,4-5H2. The first kappa shape index (κ1) is 13.8. The fourth-order valence-corrected chi connectivity index (χ4v) is 5.92. The predicted octanol–water partition coefficient (Wildman–Crippen LogP) is 2.77. The summed E-state index contributed by atoms with van der Waals surface area (Å²) in [7, 11) is -3.46. The van der Waals surface area contributed by atoms with Crippen molar-refractivity contribution in [2.24, 2.45) is 0 Å². The van der Waals surface area contributed by atoms with E-state index in [2.05, 4.69) is 20.9 Å². The second-order valence-corrected chi connectivity index (χ2v) is 8.50. The van der Waals surface area contributed by atoms with Gasteiger partial charge in [-0.15, -0.1) is 11.6 Å². The molecule has 19 heavy (non-hydrogen) atoms. The molecular formula is C12H14BrClN2O2S. The number of nitrogens with zero attached hydrogens (tertiary/aromatic N) is 2. The molecule has 7 heteroatoms. The minimum atomic E-state index is -3.46. The van der Waals surface area contributed by atoms with E-state index in [-0.39, 0.29) is 22.4 Å². The maximum Gasteiger partial charge on any atom is 0.245 e. The van der Waals surface area contributed by atoms with Gasteiger partial charge in [0.1, 0.15) is 4.90 Å². The Morgan fingerprint density at radius 1 is 1.26 bits per heavy atom. The minimum Gasteiger partial charge on any atom is -0.262 e. The van der Waals surface area contributed by atoms with E-state index in [1.54, 1.807) is 16.6 Å². The van der Waals surface area contributed by atoms with Gasteiger partial charge < -0.3 is 0 Å². The predicted molar refractivity (Wildman–Crippen MR) is 76.6 cm³/mol. The molecule has 0 aliphatic carbocycles. The molecule has 4 nitrogen and oxygen atoms in total. The molecule has 0 spiro atoms. The Balaban J connectivity index is 1.98. The molecule has 2 aliphatic rings. The van der Waals surface area contributed by atoms with Crippen LogP contribution in [0.4, 0.5) is 0 Å². The number of halogens is 2. The lowest BCUT2D eigenvalue weighted by molar-refractivity contribution is 0.251. The van der Waals surface area contributed by atoms with E-state index in [9.17, 15) is 8.42 Å². The molecule has 0 saturated carbocycles. The molecule has 1 aromatic heterocycles. The minimum absolute atomic E-state index is 0.0465. The maximum atomic E-state index is 12.7. The first-order chi connectivity index (χ1) is 8.98. The summed E-state index contributed by atoms with van der Waals surface area (Å²) in [4.78, 5) is 4.21. The first-order valence-electron chi connectivity index (χ1n) is 6.26. The zero-order chi connectivity index (χ0) is 13.6. The number of piperidine rings is 1. The molecule has 2 bridgehead atoms. The van der Waals surface area contributed by atoms with Crippen LogP contribution in [0, 0.1) is 0 Å². The zero-order valence-corrected chi connectivity index (χ0v) is 13.3. The Morgan fingerprint density at radius 3 is 2.47 bits per heavy atom. The van der Waals surface area contributed by atoms with Crippen molar-refractivity contribution in [3.05, 3.63) is 22.9 Å². The van der Waals surface area contributed by atoms with Gasteiger partial charge in [0.2, 0.25) is 10.0 Å². The smallest absolute Gasteiger partial charge is 0.245 e. The van der Waals surface area contributed by atoms with E-state index in [0.717, 1.165) is 25.7 Å². The highest BCUT2D eigenvalue weighted by Crippen LogP contribution is 2.41. The number of hydrogen-bond donors (Lipinski definition) is 0. The van der Waals surface area contributed by atoms with Crippen LogP contribution in [0.25, 0.3) is 0 Å². The van der Waals surface area contributed by atoms with Crippen LogP contribution >= 0.6 is 27.5 Å². The molecule has 0 amide bonds. The van der Waals surface area contributed by atoms with Crippen LogP contribution in [0.2, 0.25) is 0 Å². The van der Waals surface area contributed by atoms with Crippen LogP contribution in [0.3, 0.4) is 0 Å². The second-order valence-electron chi connectivity index (χ2n) is 5.13. The molecule has 2 aliphatic heterocycles. The normalized spacial score (nSPS) is 31.6. The van der Waals surface area contributed by atoms with Crippen LogP contribution in [0.1, 0.15) is 25.7 Å². The van der Waals surface area contributed by atoms with Crippen molar-refractivity contribution < 1.29 is 8.42 Å². The Kier molecular flexibility index (Phi) is 3.62. The lowest BCUT2D eigenvalue weighted by atomic mass is 10.1. The summed E-state index contributed by atoms with van der Waals surface area (Å²) in [5, 5.41) is 0.101. The third-order valence-electron chi connectivity index (χ3n) is 3.86. The van der Waals surface area contributed by atoms with Crippen molar-refractivity contribution in [1.29, 1.82) is 0 Å². The average molecular weight is 366 g/mol. The molecule has 3 rings (SSSR count). The Labute approximate surface area is 126 Å². The van der Waals surface area contributed by atoms with Gasteiger partial charge in [-0.05, 0) is 47.7 Å². The fourth-order valence-electron chi connectivity index (χ4n) is 3.12. The highest BCUT2D eigenvalue weighted by atomic mass is 79.9. The van der Waals surface area contributed by atoms with Gasteiger partial charge in [0, 0.05) is 34.3 Å². The molecule has 2 fully saturated rings. The Hall–Kier alpha value is -0.170. The van der Waals surface area contributed by atoms with E-state index < -0.39 is 10.0 Å². The quantitative estimate of drug-likeness (QED) is 0.757. The van der Waals surface area contributed by atoms with Gasteiger partial charge in [-0.25, -0.2) is 8.42 Å². The highest BCUT2D eigenvalue weighted by Gasteiger charge is 2.46. The lowest BCUT2D eigenvalue weighted by Crippen LogP contribution is -2.46. The van der Waals surface area contributed by atoms with Gasteiger partial charge in [0.25, 0.3) is 0 Å². The number of alkyl halides is 1. The van der Waals surface area contributed by atoms with Crippen LogP contribution in [0.5, 0.6) is 0 Å². The molecule has 0 radical (unpaired) electrons. The SMILES string of the molecule is O=S(=O)(c1cncc(Br)c1)N1C2CCC1CC(Cl)C2. The lowest BCUT2D eigenvalue weighted by Gasteiger charge is -2.35. The highest BCUT2D eigenvalue weighted by molar-refractivity contribution is 9.10. The van der Waals surface area contributed by atoms with Gasteiger partial charge in [-0.1, -0.05) is 0 Å².